The summed E-state index contributed by atoms with van der Waals surface area (Å²) >= 11 is 0. The Balaban J connectivity index is 1.24. The average molecular weight is 528 g/mol. The molecule has 0 saturated heterocycles. The van der Waals surface area contributed by atoms with Gasteiger partial charge in [-0.25, -0.2) is 4.52 Å². The van der Waals surface area contributed by atoms with E-state index in [4.69, 9.17) is 4.74 Å². The van der Waals surface area contributed by atoms with Gasteiger partial charge in [0.15, 0.2) is 0 Å². The number of fused-ring (bicyclic) bond motifs is 1. The Morgan fingerprint density at radius 2 is 2.00 bits per heavy atom. The molecule has 6 rings (SSSR count). The number of aryl methyl sites for hydroxylation is 1. The fourth-order valence-electron chi connectivity index (χ4n) is 4.53. The number of methoxy groups -OCH3 is 1. The summed E-state index contributed by atoms with van der Waals surface area (Å²) in [6.45, 7) is 4.12. The first kappa shape index (κ1) is 24.9. The summed E-state index contributed by atoms with van der Waals surface area (Å²) in [7, 11) is 1.55. The van der Waals surface area contributed by atoms with Crippen LogP contribution in [0.5, 0.6) is 0 Å². The van der Waals surface area contributed by atoms with E-state index in [1.807, 2.05) is 43.5 Å². The predicted molar refractivity (Wildman–Crippen MR) is 143 cm³/mol. The first-order valence-corrected chi connectivity index (χ1v) is 12.7. The van der Waals surface area contributed by atoms with Crippen LogP contribution in [0.1, 0.15) is 41.7 Å². The summed E-state index contributed by atoms with van der Waals surface area (Å²) in [4.78, 5) is 15.1. The molecule has 1 atom stereocenters. The zero-order valence-corrected chi connectivity index (χ0v) is 21.9. The molecule has 1 aromatic carbocycles. The lowest BCUT2D eigenvalue weighted by Crippen LogP contribution is -2.35. The van der Waals surface area contributed by atoms with Crippen molar-refractivity contribution < 1.29 is 14.6 Å². The Hall–Kier alpha value is -4.42. The van der Waals surface area contributed by atoms with Gasteiger partial charge in [-0.1, -0.05) is 12.1 Å². The van der Waals surface area contributed by atoms with Crippen molar-refractivity contribution in [2.24, 2.45) is 0 Å². The minimum Gasteiger partial charge on any atom is -0.386 e. The van der Waals surface area contributed by atoms with Crippen LogP contribution in [0, 0.1) is 6.92 Å². The van der Waals surface area contributed by atoms with Gasteiger partial charge < -0.3 is 15.2 Å². The van der Waals surface area contributed by atoms with E-state index in [0.29, 0.717) is 28.6 Å². The second-order valence-corrected chi connectivity index (χ2v) is 10.3. The number of hydrogen-bond acceptors (Lipinski definition) is 8. The van der Waals surface area contributed by atoms with Gasteiger partial charge in [-0.2, -0.15) is 15.0 Å². The first-order valence-electron chi connectivity index (χ1n) is 12.7. The molecule has 0 spiro atoms. The number of nitrogens with zero attached hydrogens (tertiary/aromatic N) is 8. The monoisotopic (exact) mass is 527 g/mol. The Kier molecular flexibility index (Phi) is 6.20. The molecule has 2 N–H and O–H groups in total. The number of carbonyl (C=O) groups excluding carboxylic acids is 1. The van der Waals surface area contributed by atoms with E-state index in [2.05, 4.69) is 30.9 Å². The van der Waals surface area contributed by atoms with Crippen LogP contribution in [-0.2, 0) is 11.3 Å². The fourth-order valence-corrected chi connectivity index (χ4v) is 4.53. The van der Waals surface area contributed by atoms with Crippen molar-refractivity contribution in [1.82, 2.24) is 39.6 Å². The van der Waals surface area contributed by atoms with E-state index in [0.717, 1.165) is 35.1 Å². The summed E-state index contributed by atoms with van der Waals surface area (Å²) in [6.07, 6.45) is 9.10. The molecule has 0 bridgehead atoms. The lowest BCUT2D eigenvalue weighted by atomic mass is 10.1. The number of ether oxygens (including phenoxy) is 1. The third-order valence-electron chi connectivity index (χ3n) is 6.74. The van der Waals surface area contributed by atoms with Crippen LogP contribution in [0.4, 0.5) is 5.69 Å². The van der Waals surface area contributed by atoms with Crippen molar-refractivity contribution in [1.29, 1.82) is 0 Å². The molecular formula is C27H29N9O3. The molecule has 0 aliphatic heterocycles. The number of amides is 1. The lowest BCUT2D eigenvalue weighted by molar-refractivity contribution is -0.0308. The average Bonchev–Trinajstić information content (AvgIpc) is 3.27. The van der Waals surface area contributed by atoms with Crippen LogP contribution in [0.15, 0.2) is 55.1 Å². The van der Waals surface area contributed by atoms with Crippen LogP contribution in [0.2, 0.25) is 0 Å². The molecule has 1 fully saturated rings. The molecule has 12 nitrogen and oxygen atoms in total. The Morgan fingerprint density at radius 3 is 2.79 bits per heavy atom. The van der Waals surface area contributed by atoms with Crippen molar-refractivity contribution in [2.75, 3.05) is 19.0 Å². The van der Waals surface area contributed by atoms with Gasteiger partial charge in [0.1, 0.15) is 5.60 Å². The molecular weight excluding hydrogens is 498 g/mol. The van der Waals surface area contributed by atoms with Crippen molar-refractivity contribution in [2.45, 2.75) is 44.9 Å². The van der Waals surface area contributed by atoms with E-state index >= 15 is 0 Å². The molecule has 1 aliphatic rings. The molecule has 1 amide bonds. The normalized spacial score (nSPS) is 15.0. The van der Waals surface area contributed by atoms with Gasteiger partial charge in [0.2, 0.25) is 5.82 Å². The summed E-state index contributed by atoms with van der Waals surface area (Å²) in [5.74, 6) is 0.255. The van der Waals surface area contributed by atoms with E-state index in [9.17, 15) is 9.90 Å². The molecule has 200 valence electrons. The maximum Gasteiger partial charge on any atom is 0.259 e. The number of aromatic nitrogens is 8. The van der Waals surface area contributed by atoms with Crippen molar-refractivity contribution in [3.63, 3.8) is 0 Å². The topological polar surface area (TPSA) is 137 Å². The molecule has 4 aromatic heterocycles. The SMILES string of the molecule is COC[C@](C)(O)Cn1cc(-c2ccn3ncc(C(=O)Nc4cc(-c5nnn(C6CC6)n5)ccc4C)c3c2)cn1. The van der Waals surface area contributed by atoms with Crippen LogP contribution >= 0.6 is 0 Å². The third kappa shape index (κ3) is 5.16. The Bertz CT molecular complexity index is 1660. The van der Waals surface area contributed by atoms with Crippen LogP contribution in [-0.4, -0.2) is 69.9 Å². The van der Waals surface area contributed by atoms with Gasteiger partial charge in [-0.3, -0.25) is 9.48 Å². The zero-order valence-electron chi connectivity index (χ0n) is 21.9. The number of rotatable bonds is 9. The predicted octanol–water partition coefficient (Wildman–Crippen LogP) is 3.14. The summed E-state index contributed by atoms with van der Waals surface area (Å²) in [6, 6.07) is 9.88. The van der Waals surface area contributed by atoms with Gasteiger partial charge in [-0.15, -0.1) is 10.2 Å². The van der Waals surface area contributed by atoms with Crippen LogP contribution in [0.25, 0.3) is 28.0 Å². The standard InChI is InChI=1S/C27H29N9O3/c1-17-4-5-19(25-31-33-36(32-25)21-6-7-21)10-23(17)30-26(37)22-13-29-35-9-8-18(11-24(22)35)20-12-28-34(14-20)15-27(2,38)16-39-3/h4-5,8-14,21,38H,6-7,15-16H2,1-3H3,(H,30,37)/t27-/m1/s1. The maximum absolute atomic E-state index is 13.4. The number of hydrogen-bond donors (Lipinski definition) is 2. The van der Waals surface area contributed by atoms with E-state index in [1.54, 1.807) is 46.6 Å². The van der Waals surface area contributed by atoms with E-state index in [1.165, 1.54) is 0 Å². The van der Waals surface area contributed by atoms with Gasteiger partial charge in [-0.05, 0) is 61.2 Å². The van der Waals surface area contributed by atoms with E-state index in [-0.39, 0.29) is 19.1 Å². The summed E-state index contributed by atoms with van der Waals surface area (Å²) in [5.41, 5.74) is 4.15. The van der Waals surface area contributed by atoms with Gasteiger partial charge in [0.25, 0.3) is 5.91 Å². The number of carbonyl (C=O) groups is 1. The van der Waals surface area contributed by atoms with Gasteiger partial charge in [0.05, 0.1) is 42.7 Å². The van der Waals surface area contributed by atoms with Crippen molar-refractivity contribution >= 4 is 17.1 Å². The number of aliphatic hydroxyl groups is 1. The van der Waals surface area contributed by atoms with E-state index < -0.39 is 5.60 Å². The van der Waals surface area contributed by atoms with Crippen LogP contribution in [0.3, 0.4) is 0 Å². The summed E-state index contributed by atoms with van der Waals surface area (Å²) < 4.78 is 8.43. The molecule has 39 heavy (non-hydrogen) atoms. The fraction of sp³-hybridized carbons (Fsp3) is 0.333. The largest absolute Gasteiger partial charge is 0.386 e. The Morgan fingerprint density at radius 1 is 1.15 bits per heavy atom. The molecule has 1 saturated carbocycles. The Labute approximate surface area is 224 Å². The first-order chi connectivity index (χ1) is 18.8. The number of tetrazole rings is 1. The number of benzene rings is 1. The number of pyridine rings is 1. The minimum atomic E-state index is -1.04. The molecule has 0 radical (unpaired) electrons. The highest BCUT2D eigenvalue weighted by Gasteiger charge is 2.27. The van der Waals surface area contributed by atoms with Crippen molar-refractivity contribution in [3.8, 4) is 22.5 Å². The van der Waals surface area contributed by atoms with Gasteiger partial charge in [0, 0.05) is 36.3 Å². The second-order valence-electron chi connectivity index (χ2n) is 10.3. The smallest absolute Gasteiger partial charge is 0.259 e. The second kappa shape index (κ2) is 9.71. The number of anilines is 1. The molecule has 4 heterocycles. The molecule has 0 unspecified atom stereocenters. The maximum atomic E-state index is 13.4. The summed E-state index contributed by atoms with van der Waals surface area (Å²) in [5, 5.41) is 35.1. The highest BCUT2D eigenvalue weighted by atomic mass is 16.5. The highest BCUT2D eigenvalue weighted by molar-refractivity contribution is 6.09. The highest BCUT2D eigenvalue weighted by Crippen LogP contribution is 2.33. The molecule has 12 heteroatoms. The molecule has 5 aromatic rings. The quantitative estimate of drug-likeness (QED) is 0.298. The van der Waals surface area contributed by atoms with Crippen molar-refractivity contribution in [3.05, 3.63) is 66.2 Å². The lowest BCUT2D eigenvalue weighted by Gasteiger charge is -2.21. The van der Waals surface area contributed by atoms with Gasteiger partial charge >= 0.3 is 0 Å². The minimum absolute atomic E-state index is 0.196. The number of nitrogens with one attached hydrogen (secondary N) is 1. The van der Waals surface area contributed by atoms with Crippen LogP contribution < -0.4 is 5.32 Å². The molecule has 1 aliphatic carbocycles. The zero-order chi connectivity index (χ0) is 27.1. The third-order valence-corrected chi connectivity index (χ3v) is 6.74.